The van der Waals surface area contributed by atoms with E-state index in [1.165, 1.54) is 4.90 Å². The number of nitrogens with zero attached hydrogens (tertiary/aromatic N) is 1. The third kappa shape index (κ3) is 2.36. The lowest BCUT2D eigenvalue weighted by molar-refractivity contribution is -0.152. The van der Waals surface area contributed by atoms with Crippen molar-refractivity contribution in [1.82, 2.24) is 4.90 Å². The van der Waals surface area contributed by atoms with E-state index >= 15 is 0 Å². The maximum Gasteiger partial charge on any atom is 0.251 e. The van der Waals surface area contributed by atoms with E-state index in [9.17, 15) is 23.2 Å². The summed E-state index contributed by atoms with van der Waals surface area (Å²) in [6, 6.07) is 0. The molecule has 3 rings (SSSR count). The molecule has 22 heavy (non-hydrogen) atoms. The van der Waals surface area contributed by atoms with Crippen LogP contribution in [0.15, 0.2) is 0 Å². The summed E-state index contributed by atoms with van der Waals surface area (Å²) >= 11 is 0. The molecule has 0 aromatic rings. The summed E-state index contributed by atoms with van der Waals surface area (Å²) in [6.07, 6.45) is 1.62. The van der Waals surface area contributed by atoms with Gasteiger partial charge in [-0.25, -0.2) is 8.78 Å². The molecule has 1 heterocycles. The second-order valence-electron chi connectivity index (χ2n) is 7.55. The molecule has 1 amide bonds. The number of hydrogen-bond acceptors (Lipinski definition) is 3. The number of likely N-dealkylation sites (tertiary alicyclic amines) is 1. The summed E-state index contributed by atoms with van der Waals surface area (Å²) in [5, 5.41) is 0. The Kier molecular flexibility index (Phi) is 3.42. The number of Topliss-reactive ketones (excluding diaryl/α,β-unsaturated/α-hetero) is 1. The van der Waals surface area contributed by atoms with Crippen molar-refractivity contribution in [3.8, 4) is 0 Å². The van der Waals surface area contributed by atoms with Crippen LogP contribution in [0.1, 0.15) is 45.4 Å². The third-order valence-corrected chi connectivity index (χ3v) is 5.80. The molecule has 4 nitrogen and oxygen atoms in total. The molecule has 2 aliphatic carbocycles. The smallest absolute Gasteiger partial charge is 0.251 e. The second-order valence-corrected chi connectivity index (χ2v) is 7.55. The Morgan fingerprint density at radius 2 is 1.95 bits per heavy atom. The van der Waals surface area contributed by atoms with E-state index in [4.69, 9.17) is 0 Å². The molecule has 122 valence electrons. The van der Waals surface area contributed by atoms with Crippen LogP contribution in [0.2, 0.25) is 0 Å². The number of rotatable bonds is 2. The summed E-state index contributed by atoms with van der Waals surface area (Å²) in [5.74, 6) is -2.99. The summed E-state index contributed by atoms with van der Waals surface area (Å²) < 4.78 is 26.5. The fraction of sp³-hybridized carbons (Fsp3) is 0.812. The highest BCUT2D eigenvalue weighted by atomic mass is 19.3. The van der Waals surface area contributed by atoms with Gasteiger partial charge in [0.2, 0.25) is 5.91 Å². The van der Waals surface area contributed by atoms with Crippen LogP contribution in [0, 0.1) is 16.7 Å². The molecule has 0 aromatic heterocycles. The molecule has 1 aliphatic heterocycles. The van der Waals surface area contributed by atoms with Crippen molar-refractivity contribution in [2.24, 2.45) is 16.7 Å². The summed E-state index contributed by atoms with van der Waals surface area (Å²) in [7, 11) is 0. The predicted molar refractivity (Wildman–Crippen MR) is 74.3 cm³/mol. The highest BCUT2D eigenvalue weighted by Crippen LogP contribution is 2.59. The first-order valence-electron chi connectivity index (χ1n) is 7.85. The van der Waals surface area contributed by atoms with Gasteiger partial charge >= 0.3 is 0 Å². The number of halogens is 2. The number of piperidine rings is 1. The van der Waals surface area contributed by atoms with Crippen molar-refractivity contribution in [3.05, 3.63) is 0 Å². The van der Waals surface area contributed by atoms with Crippen molar-refractivity contribution in [2.75, 3.05) is 13.1 Å². The molecule has 1 saturated heterocycles. The minimum Gasteiger partial charge on any atom is -0.342 e. The number of hydrogen-bond donors (Lipinski definition) is 0. The Hall–Kier alpha value is -1.33. The van der Waals surface area contributed by atoms with E-state index in [0.717, 1.165) is 6.29 Å². The molecule has 2 bridgehead atoms. The Balaban J connectivity index is 1.82. The highest BCUT2D eigenvalue weighted by Gasteiger charge is 2.60. The Morgan fingerprint density at radius 3 is 2.55 bits per heavy atom. The average Bonchev–Trinajstić information content (AvgIpc) is 2.66. The molecular weight excluding hydrogens is 292 g/mol. The van der Waals surface area contributed by atoms with Crippen LogP contribution in [0.3, 0.4) is 0 Å². The maximum absolute atomic E-state index is 13.3. The van der Waals surface area contributed by atoms with Crippen LogP contribution in [0.25, 0.3) is 0 Å². The molecule has 6 heteroatoms. The molecule has 2 saturated carbocycles. The largest absolute Gasteiger partial charge is 0.342 e. The Labute approximate surface area is 128 Å². The second kappa shape index (κ2) is 4.83. The van der Waals surface area contributed by atoms with Crippen molar-refractivity contribution < 1.29 is 23.2 Å². The van der Waals surface area contributed by atoms with Gasteiger partial charge in [0.15, 0.2) is 0 Å². The summed E-state index contributed by atoms with van der Waals surface area (Å²) in [5.41, 5.74) is -1.50. The van der Waals surface area contributed by atoms with E-state index in [1.807, 2.05) is 6.92 Å². The van der Waals surface area contributed by atoms with Gasteiger partial charge in [-0.2, -0.15) is 0 Å². The van der Waals surface area contributed by atoms with E-state index in [2.05, 4.69) is 0 Å². The van der Waals surface area contributed by atoms with Crippen molar-refractivity contribution in [2.45, 2.75) is 51.4 Å². The topological polar surface area (TPSA) is 54.5 Å². The fourth-order valence-corrected chi connectivity index (χ4v) is 4.56. The molecular formula is C16H21F2NO3. The van der Waals surface area contributed by atoms with Gasteiger partial charge in [0.05, 0.1) is 5.41 Å². The van der Waals surface area contributed by atoms with E-state index in [0.29, 0.717) is 19.3 Å². The first kappa shape index (κ1) is 15.6. The maximum atomic E-state index is 13.3. The van der Waals surface area contributed by atoms with Crippen LogP contribution in [0.4, 0.5) is 8.78 Å². The highest BCUT2D eigenvalue weighted by molar-refractivity contribution is 5.93. The minimum absolute atomic E-state index is 0.0116. The first-order chi connectivity index (χ1) is 10.2. The quantitative estimate of drug-likeness (QED) is 0.735. The average molecular weight is 313 g/mol. The lowest BCUT2D eigenvalue weighted by Gasteiger charge is -2.39. The van der Waals surface area contributed by atoms with Gasteiger partial charge in [0.25, 0.3) is 5.92 Å². The third-order valence-electron chi connectivity index (χ3n) is 5.80. The number of carbonyl (C=O) groups is 3. The van der Waals surface area contributed by atoms with E-state index < -0.39 is 16.8 Å². The van der Waals surface area contributed by atoms with Crippen LogP contribution in [0.5, 0.6) is 0 Å². The number of alkyl halides is 2. The molecule has 3 fully saturated rings. The number of fused-ring (bicyclic) bond motifs is 2. The molecule has 0 radical (unpaired) electrons. The Morgan fingerprint density at radius 1 is 1.32 bits per heavy atom. The van der Waals surface area contributed by atoms with Crippen LogP contribution >= 0.6 is 0 Å². The van der Waals surface area contributed by atoms with Gasteiger partial charge in [-0.15, -0.1) is 0 Å². The fourth-order valence-electron chi connectivity index (χ4n) is 4.56. The zero-order valence-electron chi connectivity index (χ0n) is 12.7. The zero-order valence-corrected chi connectivity index (χ0v) is 12.7. The predicted octanol–water partition coefficient (Wildman–Crippen LogP) is 2.21. The van der Waals surface area contributed by atoms with Crippen molar-refractivity contribution in [3.63, 3.8) is 0 Å². The van der Waals surface area contributed by atoms with Gasteiger partial charge < -0.3 is 9.69 Å². The molecule has 0 aromatic carbocycles. The van der Waals surface area contributed by atoms with Gasteiger partial charge in [0.1, 0.15) is 12.1 Å². The standard InChI is InChI=1S/C16H21F2NO3/c1-14(10-20)9-15(7-11(14)6-12(21)8-15)13(22)19-4-2-16(17,18)3-5-19/h10-11H,2-9H2,1H3. The summed E-state index contributed by atoms with van der Waals surface area (Å²) in [6.45, 7) is 1.87. The molecule has 0 N–H and O–H groups in total. The van der Waals surface area contributed by atoms with Crippen LogP contribution < -0.4 is 0 Å². The van der Waals surface area contributed by atoms with Crippen LogP contribution in [-0.2, 0) is 14.4 Å². The van der Waals surface area contributed by atoms with Gasteiger partial charge in [-0.05, 0) is 18.8 Å². The zero-order chi connectivity index (χ0) is 16.2. The number of amides is 1. The lowest BCUT2D eigenvalue weighted by atomic mass is 9.73. The number of ketones is 1. The van der Waals surface area contributed by atoms with Gasteiger partial charge in [-0.3, -0.25) is 9.59 Å². The van der Waals surface area contributed by atoms with Crippen molar-refractivity contribution >= 4 is 18.0 Å². The number of carbonyl (C=O) groups excluding carboxylic acids is 3. The normalized spacial score (nSPS) is 40.6. The monoisotopic (exact) mass is 313 g/mol. The lowest BCUT2D eigenvalue weighted by Crippen LogP contribution is -2.50. The molecule has 3 aliphatic rings. The molecule has 3 atom stereocenters. The van der Waals surface area contributed by atoms with Gasteiger partial charge in [-0.1, -0.05) is 6.92 Å². The van der Waals surface area contributed by atoms with Gasteiger partial charge in [0, 0.05) is 44.2 Å². The Bertz CT molecular complexity index is 525. The van der Waals surface area contributed by atoms with E-state index in [1.54, 1.807) is 0 Å². The van der Waals surface area contributed by atoms with Crippen molar-refractivity contribution in [1.29, 1.82) is 0 Å². The summed E-state index contributed by atoms with van der Waals surface area (Å²) in [4.78, 5) is 37.9. The van der Waals surface area contributed by atoms with E-state index in [-0.39, 0.29) is 50.0 Å². The number of aldehydes is 1. The minimum atomic E-state index is -2.70. The van der Waals surface area contributed by atoms with Crippen LogP contribution in [-0.4, -0.2) is 41.9 Å². The molecule has 0 spiro atoms. The first-order valence-corrected chi connectivity index (χ1v) is 7.85. The SMILES string of the molecule is CC1(C=O)CC2(C(=O)N3CCC(F)(F)CC3)CC(=O)CC1C2. The molecule has 3 unspecified atom stereocenters.